The van der Waals surface area contributed by atoms with Gasteiger partial charge in [-0.15, -0.1) is 0 Å². The quantitative estimate of drug-likeness (QED) is 0.678. The van der Waals surface area contributed by atoms with Gasteiger partial charge in [-0.25, -0.2) is 9.59 Å². The summed E-state index contributed by atoms with van der Waals surface area (Å²) in [7, 11) is 1.26. The topological polar surface area (TPSA) is 93.7 Å². The summed E-state index contributed by atoms with van der Waals surface area (Å²) in [6.45, 7) is 4.91. The Morgan fingerprint density at radius 1 is 1.24 bits per heavy atom. The molecule has 0 saturated heterocycles. The molecule has 0 aliphatic heterocycles. The number of rotatable bonds is 7. The molecule has 0 aliphatic carbocycles. The number of hydrogen-bond acceptors (Lipinski definition) is 6. The predicted octanol–water partition coefficient (Wildman–Crippen LogP) is 0.922. The van der Waals surface area contributed by atoms with E-state index in [1.165, 1.54) is 7.11 Å². The fraction of sp³-hybridized carbons (Fsp3) is 0.769. The molecule has 0 spiro atoms. The number of ether oxygens (including phenoxy) is 2. The van der Waals surface area contributed by atoms with Crippen molar-refractivity contribution < 1.29 is 23.9 Å². The first kappa shape index (κ1) is 19.6. The van der Waals surface area contributed by atoms with Gasteiger partial charge in [-0.1, -0.05) is 0 Å². The van der Waals surface area contributed by atoms with Crippen LogP contribution in [-0.2, 0) is 19.1 Å². The lowest BCUT2D eigenvalue weighted by atomic mass is 10.2. The summed E-state index contributed by atoms with van der Waals surface area (Å²) in [6.07, 6.45) is 1.68. The molecule has 0 heterocycles. The van der Waals surface area contributed by atoms with Crippen molar-refractivity contribution in [1.82, 2.24) is 10.6 Å². The van der Waals surface area contributed by atoms with Crippen LogP contribution >= 0.6 is 11.8 Å². The number of carbonyl (C=O) groups is 3. The molecule has 0 fully saturated rings. The molecule has 2 N–H and O–H groups in total. The molecule has 0 aromatic rings. The first-order valence-corrected chi connectivity index (χ1v) is 7.92. The van der Waals surface area contributed by atoms with E-state index in [2.05, 4.69) is 15.4 Å². The van der Waals surface area contributed by atoms with Gasteiger partial charge in [-0.05, 0) is 39.2 Å². The number of nitrogens with one attached hydrogen (secondary N) is 2. The van der Waals surface area contributed by atoms with E-state index in [1.807, 2.05) is 6.26 Å². The SMILES string of the molecule is COC(=O)[C@H](CCSC)NC(=O)CNC(=O)OC(C)(C)C. The van der Waals surface area contributed by atoms with Crippen molar-refractivity contribution in [3.05, 3.63) is 0 Å². The fourth-order valence-corrected chi connectivity index (χ4v) is 1.81. The number of carbonyl (C=O) groups excluding carboxylic acids is 3. The molecule has 0 rings (SSSR count). The molecule has 0 aromatic heterocycles. The highest BCUT2D eigenvalue weighted by molar-refractivity contribution is 7.98. The zero-order valence-corrected chi connectivity index (χ0v) is 14.0. The van der Waals surface area contributed by atoms with Crippen molar-refractivity contribution in [2.45, 2.75) is 38.8 Å². The summed E-state index contributed by atoms with van der Waals surface area (Å²) in [5, 5.41) is 4.85. The first-order chi connectivity index (χ1) is 9.69. The van der Waals surface area contributed by atoms with Crippen molar-refractivity contribution in [2.75, 3.05) is 25.7 Å². The van der Waals surface area contributed by atoms with Gasteiger partial charge in [0, 0.05) is 0 Å². The summed E-state index contributed by atoms with van der Waals surface area (Å²) in [4.78, 5) is 34.6. The van der Waals surface area contributed by atoms with Crippen molar-refractivity contribution in [3.8, 4) is 0 Å². The molecule has 21 heavy (non-hydrogen) atoms. The minimum atomic E-state index is -0.713. The number of alkyl carbamates (subject to hydrolysis) is 1. The Morgan fingerprint density at radius 2 is 1.86 bits per heavy atom. The lowest BCUT2D eigenvalue weighted by Gasteiger charge is -2.20. The van der Waals surface area contributed by atoms with Crippen LogP contribution in [-0.4, -0.2) is 55.3 Å². The van der Waals surface area contributed by atoms with E-state index in [0.29, 0.717) is 12.2 Å². The van der Waals surface area contributed by atoms with Gasteiger partial charge in [0.25, 0.3) is 0 Å². The maximum absolute atomic E-state index is 11.7. The van der Waals surface area contributed by atoms with E-state index in [9.17, 15) is 14.4 Å². The molecule has 1 atom stereocenters. The van der Waals surface area contributed by atoms with Gasteiger partial charge in [0.2, 0.25) is 5.91 Å². The Labute approximate surface area is 129 Å². The zero-order chi connectivity index (χ0) is 16.5. The van der Waals surface area contributed by atoms with E-state index in [0.717, 1.165) is 0 Å². The Morgan fingerprint density at radius 3 is 2.33 bits per heavy atom. The molecule has 7 nitrogen and oxygen atoms in total. The average molecular weight is 320 g/mol. The highest BCUT2D eigenvalue weighted by Crippen LogP contribution is 2.06. The molecule has 0 bridgehead atoms. The highest BCUT2D eigenvalue weighted by Gasteiger charge is 2.22. The van der Waals surface area contributed by atoms with Crippen LogP contribution in [0.2, 0.25) is 0 Å². The summed E-state index contributed by atoms with van der Waals surface area (Å²) < 4.78 is 9.63. The smallest absolute Gasteiger partial charge is 0.408 e. The monoisotopic (exact) mass is 320 g/mol. The van der Waals surface area contributed by atoms with Crippen LogP contribution in [0.25, 0.3) is 0 Å². The van der Waals surface area contributed by atoms with Crippen molar-refractivity contribution in [3.63, 3.8) is 0 Å². The average Bonchev–Trinajstić information content (AvgIpc) is 2.38. The lowest BCUT2D eigenvalue weighted by molar-refractivity contribution is -0.145. The minimum absolute atomic E-state index is 0.262. The van der Waals surface area contributed by atoms with Crippen LogP contribution < -0.4 is 10.6 Å². The zero-order valence-electron chi connectivity index (χ0n) is 13.1. The van der Waals surface area contributed by atoms with Gasteiger partial charge in [0.15, 0.2) is 0 Å². The van der Waals surface area contributed by atoms with Crippen LogP contribution in [0, 0.1) is 0 Å². The van der Waals surface area contributed by atoms with Crippen LogP contribution in [0.1, 0.15) is 27.2 Å². The molecule has 0 aliphatic rings. The first-order valence-electron chi connectivity index (χ1n) is 6.52. The molecule has 0 aromatic carbocycles. The Kier molecular flexibility index (Phi) is 8.84. The van der Waals surface area contributed by atoms with Gasteiger partial charge in [0.05, 0.1) is 7.11 Å². The second-order valence-electron chi connectivity index (χ2n) is 5.28. The van der Waals surface area contributed by atoms with E-state index >= 15 is 0 Å². The van der Waals surface area contributed by atoms with Crippen LogP contribution in [0.15, 0.2) is 0 Å². The summed E-state index contributed by atoms with van der Waals surface area (Å²) in [6, 6.07) is -0.713. The number of hydrogen-bond donors (Lipinski definition) is 2. The number of amides is 2. The van der Waals surface area contributed by atoms with Gasteiger partial charge in [-0.3, -0.25) is 4.79 Å². The molecular formula is C13H24N2O5S. The molecule has 8 heteroatoms. The third-order valence-electron chi connectivity index (χ3n) is 2.22. The van der Waals surface area contributed by atoms with Crippen LogP contribution in [0.3, 0.4) is 0 Å². The largest absolute Gasteiger partial charge is 0.467 e. The summed E-state index contributed by atoms with van der Waals surface area (Å²) >= 11 is 1.56. The van der Waals surface area contributed by atoms with E-state index in [1.54, 1.807) is 32.5 Å². The summed E-state index contributed by atoms with van der Waals surface area (Å²) in [5.74, 6) is -0.272. The third-order valence-corrected chi connectivity index (χ3v) is 2.87. The van der Waals surface area contributed by atoms with Crippen LogP contribution in [0.4, 0.5) is 4.79 Å². The van der Waals surface area contributed by atoms with Gasteiger partial charge < -0.3 is 20.1 Å². The Bertz CT molecular complexity index is 368. The Balaban J connectivity index is 4.25. The van der Waals surface area contributed by atoms with Crippen molar-refractivity contribution in [1.29, 1.82) is 0 Å². The lowest BCUT2D eigenvalue weighted by Crippen LogP contribution is -2.46. The summed E-state index contributed by atoms with van der Waals surface area (Å²) in [5.41, 5.74) is -0.631. The molecule has 0 saturated carbocycles. The Hall–Kier alpha value is -1.44. The number of methoxy groups -OCH3 is 1. The van der Waals surface area contributed by atoms with Crippen molar-refractivity contribution in [2.24, 2.45) is 0 Å². The third kappa shape index (κ3) is 10.0. The molecule has 122 valence electrons. The maximum atomic E-state index is 11.7. The molecule has 2 amide bonds. The molecule has 0 unspecified atom stereocenters. The van der Waals surface area contributed by atoms with Crippen LogP contribution in [0.5, 0.6) is 0 Å². The highest BCUT2D eigenvalue weighted by atomic mass is 32.2. The van der Waals surface area contributed by atoms with E-state index in [-0.39, 0.29) is 6.54 Å². The molecular weight excluding hydrogens is 296 g/mol. The number of thioether (sulfide) groups is 1. The predicted molar refractivity (Wildman–Crippen MR) is 81.2 cm³/mol. The van der Waals surface area contributed by atoms with Gasteiger partial charge in [0.1, 0.15) is 18.2 Å². The standard InChI is InChI=1S/C13H24N2O5S/c1-13(2,3)20-12(18)14-8-10(16)15-9(6-7-21-5)11(17)19-4/h9H,6-8H2,1-5H3,(H,14,18)(H,15,16)/t9-/m0/s1. The van der Waals surface area contributed by atoms with E-state index < -0.39 is 29.6 Å². The van der Waals surface area contributed by atoms with E-state index in [4.69, 9.17) is 4.74 Å². The second kappa shape index (κ2) is 9.49. The van der Waals surface area contributed by atoms with Gasteiger partial charge >= 0.3 is 12.1 Å². The maximum Gasteiger partial charge on any atom is 0.408 e. The van der Waals surface area contributed by atoms with Crippen molar-refractivity contribution >= 4 is 29.7 Å². The number of esters is 1. The van der Waals surface area contributed by atoms with Gasteiger partial charge in [-0.2, -0.15) is 11.8 Å². The normalized spacial score (nSPS) is 12.2. The minimum Gasteiger partial charge on any atom is -0.467 e. The fourth-order valence-electron chi connectivity index (χ4n) is 1.34. The second-order valence-corrected chi connectivity index (χ2v) is 6.27. The molecule has 0 radical (unpaired) electrons.